The molecule has 0 aromatic heterocycles. The second kappa shape index (κ2) is 13.4. The van der Waals surface area contributed by atoms with E-state index in [-0.39, 0.29) is 17.2 Å². The van der Waals surface area contributed by atoms with Crippen molar-refractivity contribution in [1.82, 2.24) is 10.2 Å². The zero-order chi connectivity index (χ0) is 27.7. The molecule has 3 rings (SSSR count). The van der Waals surface area contributed by atoms with E-state index in [2.05, 4.69) is 77.2 Å². The van der Waals surface area contributed by atoms with Crippen LogP contribution in [0.4, 0.5) is 0 Å². The molecule has 38 heavy (non-hydrogen) atoms. The smallest absolute Gasteiger partial charge is 0.243 e. The largest absolute Gasteiger partial charge is 0.354 e. The van der Waals surface area contributed by atoms with Crippen LogP contribution in [0, 0.1) is 12.8 Å². The maximum atomic E-state index is 13.9. The van der Waals surface area contributed by atoms with E-state index in [4.69, 9.17) is 0 Å². The molecule has 0 saturated carbocycles. The summed E-state index contributed by atoms with van der Waals surface area (Å²) < 4.78 is 0. The van der Waals surface area contributed by atoms with Crippen molar-refractivity contribution in [3.8, 4) is 0 Å². The van der Waals surface area contributed by atoms with Crippen LogP contribution in [-0.2, 0) is 34.4 Å². The molecule has 1 atom stereocenters. The van der Waals surface area contributed by atoms with Gasteiger partial charge in [0.1, 0.15) is 6.04 Å². The Morgan fingerprint density at radius 2 is 1.47 bits per heavy atom. The summed E-state index contributed by atoms with van der Waals surface area (Å²) in [6, 6.07) is 26.0. The maximum Gasteiger partial charge on any atom is 0.243 e. The van der Waals surface area contributed by atoms with Gasteiger partial charge in [-0.1, -0.05) is 113 Å². The summed E-state index contributed by atoms with van der Waals surface area (Å²) in [6.45, 7) is 13.8. The summed E-state index contributed by atoms with van der Waals surface area (Å²) in [6.07, 6.45) is 1.46. The van der Waals surface area contributed by atoms with E-state index in [1.807, 2.05) is 48.5 Å². The van der Waals surface area contributed by atoms with E-state index in [0.29, 0.717) is 38.3 Å². The number of benzene rings is 3. The zero-order valence-electron chi connectivity index (χ0n) is 24.0. The van der Waals surface area contributed by atoms with Gasteiger partial charge in [0.2, 0.25) is 11.8 Å². The van der Waals surface area contributed by atoms with Gasteiger partial charge >= 0.3 is 0 Å². The highest BCUT2D eigenvalue weighted by atomic mass is 16.2. The van der Waals surface area contributed by atoms with Crippen LogP contribution < -0.4 is 5.32 Å². The normalized spacial score (nSPS) is 12.3. The number of amides is 2. The fourth-order valence-electron chi connectivity index (χ4n) is 4.51. The Bertz CT molecular complexity index is 1180. The SMILES string of the molecule is Cc1ccccc1CN(C(=O)CCc1ccc(C(C)(C)C)cc1)[C@@H](Cc1ccccc1)C(=O)NCC(C)C. The van der Waals surface area contributed by atoms with Crippen LogP contribution in [0.5, 0.6) is 0 Å². The van der Waals surface area contributed by atoms with Gasteiger partial charge in [-0.3, -0.25) is 9.59 Å². The van der Waals surface area contributed by atoms with E-state index in [1.165, 1.54) is 5.56 Å². The number of rotatable bonds is 11. The first-order valence-electron chi connectivity index (χ1n) is 13.8. The molecule has 0 spiro atoms. The molecule has 0 saturated heterocycles. The minimum absolute atomic E-state index is 0.00576. The van der Waals surface area contributed by atoms with Gasteiger partial charge in [0.15, 0.2) is 0 Å². The summed E-state index contributed by atoms with van der Waals surface area (Å²) in [5.41, 5.74) is 5.71. The van der Waals surface area contributed by atoms with Gasteiger partial charge in [0, 0.05) is 25.9 Å². The number of carbonyl (C=O) groups excluding carboxylic acids is 2. The second-order valence-electron chi connectivity index (χ2n) is 11.7. The van der Waals surface area contributed by atoms with Crippen molar-refractivity contribution in [2.24, 2.45) is 5.92 Å². The number of hydrogen-bond donors (Lipinski definition) is 1. The third-order valence-corrected chi connectivity index (χ3v) is 7.01. The molecular formula is C34H44N2O2. The molecule has 4 nitrogen and oxygen atoms in total. The Morgan fingerprint density at radius 1 is 0.842 bits per heavy atom. The number of aryl methyl sites for hydroxylation is 2. The molecule has 0 unspecified atom stereocenters. The van der Waals surface area contributed by atoms with Crippen molar-refractivity contribution in [2.75, 3.05) is 6.54 Å². The van der Waals surface area contributed by atoms with Gasteiger partial charge in [-0.15, -0.1) is 0 Å². The lowest BCUT2D eigenvalue weighted by atomic mass is 9.86. The van der Waals surface area contributed by atoms with Crippen LogP contribution in [-0.4, -0.2) is 29.3 Å². The molecule has 0 radical (unpaired) electrons. The van der Waals surface area contributed by atoms with Crippen molar-refractivity contribution in [3.05, 3.63) is 107 Å². The zero-order valence-corrected chi connectivity index (χ0v) is 24.0. The van der Waals surface area contributed by atoms with Crippen LogP contribution in [0.15, 0.2) is 78.9 Å². The predicted octanol–water partition coefficient (Wildman–Crippen LogP) is 6.64. The predicted molar refractivity (Wildman–Crippen MR) is 157 cm³/mol. The van der Waals surface area contributed by atoms with Crippen molar-refractivity contribution >= 4 is 11.8 Å². The van der Waals surface area contributed by atoms with Crippen molar-refractivity contribution < 1.29 is 9.59 Å². The minimum Gasteiger partial charge on any atom is -0.354 e. The summed E-state index contributed by atoms with van der Waals surface area (Å²) in [7, 11) is 0. The number of nitrogens with zero attached hydrogens (tertiary/aromatic N) is 1. The molecule has 4 heteroatoms. The Hall–Kier alpha value is -3.40. The van der Waals surface area contributed by atoms with Gasteiger partial charge in [-0.05, 0) is 52.5 Å². The molecule has 3 aromatic rings. The summed E-state index contributed by atoms with van der Waals surface area (Å²) in [5.74, 6) is 0.223. The molecule has 0 aliphatic rings. The number of nitrogens with one attached hydrogen (secondary N) is 1. The first-order valence-corrected chi connectivity index (χ1v) is 13.8. The minimum atomic E-state index is -0.591. The van der Waals surface area contributed by atoms with Crippen LogP contribution in [0.3, 0.4) is 0 Å². The maximum absolute atomic E-state index is 13.9. The van der Waals surface area contributed by atoms with Gasteiger partial charge in [-0.2, -0.15) is 0 Å². The lowest BCUT2D eigenvalue weighted by Gasteiger charge is -2.32. The molecule has 0 fully saturated rings. The van der Waals surface area contributed by atoms with Crippen LogP contribution in [0.1, 0.15) is 68.9 Å². The molecule has 0 heterocycles. The third-order valence-electron chi connectivity index (χ3n) is 7.01. The van der Waals surface area contributed by atoms with Crippen molar-refractivity contribution in [2.45, 2.75) is 78.8 Å². The number of carbonyl (C=O) groups is 2. The average Bonchev–Trinajstić information content (AvgIpc) is 2.89. The van der Waals surface area contributed by atoms with Gasteiger partial charge in [0.05, 0.1) is 0 Å². The van der Waals surface area contributed by atoms with Crippen LogP contribution >= 0.6 is 0 Å². The molecule has 0 aliphatic carbocycles. The Morgan fingerprint density at radius 3 is 2.08 bits per heavy atom. The Kier molecular flexibility index (Phi) is 10.3. The Balaban J connectivity index is 1.88. The standard InChI is InChI=1S/C34H44N2O2/c1-25(2)23-35-33(38)31(22-28-13-8-7-9-14-28)36(24-29-15-11-10-12-26(29)3)32(37)21-18-27-16-19-30(20-17-27)34(4,5)6/h7-17,19-20,25,31H,18,21-24H2,1-6H3,(H,35,38)/t31-/m0/s1. The van der Waals surface area contributed by atoms with Crippen molar-refractivity contribution in [1.29, 1.82) is 0 Å². The quantitative estimate of drug-likeness (QED) is 0.313. The first-order chi connectivity index (χ1) is 18.0. The lowest BCUT2D eigenvalue weighted by Crippen LogP contribution is -2.51. The summed E-state index contributed by atoms with van der Waals surface area (Å²) >= 11 is 0. The fraction of sp³-hybridized carbons (Fsp3) is 0.412. The van der Waals surface area contributed by atoms with E-state index in [0.717, 1.165) is 22.3 Å². The average molecular weight is 513 g/mol. The lowest BCUT2D eigenvalue weighted by molar-refractivity contribution is -0.141. The highest BCUT2D eigenvalue weighted by Gasteiger charge is 2.30. The van der Waals surface area contributed by atoms with E-state index < -0.39 is 6.04 Å². The molecule has 1 N–H and O–H groups in total. The topological polar surface area (TPSA) is 49.4 Å². The highest BCUT2D eigenvalue weighted by molar-refractivity contribution is 5.88. The molecule has 0 bridgehead atoms. The van der Waals surface area contributed by atoms with E-state index in [1.54, 1.807) is 4.90 Å². The van der Waals surface area contributed by atoms with Crippen LogP contribution in [0.2, 0.25) is 0 Å². The molecule has 2 amide bonds. The van der Waals surface area contributed by atoms with E-state index in [9.17, 15) is 9.59 Å². The highest BCUT2D eigenvalue weighted by Crippen LogP contribution is 2.23. The molecule has 0 aliphatic heterocycles. The summed E-state index contributed by atoms with van der Waals surface area (Å²) in [5, 5.41) is 3.10. The van der Waals surface area contributed by atoms with Gasteiger partial charge in [0.25, 0.3) is 0 Å². The van der Waals surface area contributed by atoms with Gasteiger partial charge < -0.3 is 10.2 Å². The third kappa shape index (κ3) is 8.58. The Labute approximate surface area is 229 Å². The first kappa shape index (κ1) is 29.2. The van der Waals surface area contributed by atoms with Crippen molar-refractivity contribution in [3.63, 3.8) is 0 Å². The van der Waals surface area contributed by atoms with Gasteiger partial charge in [-0.25, -0.2) is 0 Å². The second-order valence-corrected chi connectivity index (χ2v) is 11.7. The molecule has 3 aromatic carbocycles. The summed E-state index contributed by atoms with van der Waals surface area (Å²) in [4.78, 5) is 29.3. The molecule has 202 valence electrons. The monoisotopic (exact) mass is 512 g/mol. The van der Waals surface area contributed by atoms with E-state index >= 15 is 0 Å². The number of hydrogen-bond acceptors (Lipinski definition) is 2. The molecular weight excluding hydrogens is 468 g/mol. The van der Waals surface area contributed by atoms with Crippen LogP contribution in [0.25, 0.3) is 0 Å². The fourth-order valence-corrected chi connectivity index (χ4v) is 4.51.